The van der Waals surface area contributed by atoms with Crippen molar-refractivity contribution in [2.75, 3.05) is 0 Å². The number of hydrogen-bond acceptors (Lipinski definition) is 3. The van der Waals surface area contributed by atoms with E-state index >= 15 is 0 Å². The molecule has 0 unspecified atom stereocenters. The lowest BCUT2D eigenvalue weighted by Crippen LogP contribution is -2.22. The van der Waals surface area contributed by atoms with E-state index in [1.807, 2.05) is 31.2 Å². The van der Waals surface area contributed by atoms with Gasteiger partial charge in [0.1, 0.15) is 5.84 Å². The number of aryl methyl sites for hydroxylation is 1. The maximum atomic E-state index is 12.0. The standard InChI is InChI=1S/C16H17N3O3/c1-10-5-3-4-6-12(10)9-18-15(20)13-7-8-14(22-13)16(21)19-11(2)17/h3-8H,9H2,1-2H3,(H,18,20)(H2,17,19,21). The fourth-order valence-corrected chi connectivity index (χ4v) is 1.86. The van der Waals surface area contributed by atoms with Crippen molar-refractivity contribution in [1.29, 1.82) is 0 Å². The quantitative estimate of drug-likeness (QED) is 0.666. The predicted molar refractivity (Wildman–Crippen MR) is 82.7 cm³/mol. The maximum Gasteiger partial charge on any atom is 0.314 e. The highest BCUT2D eigenvalue weighted by molar-refractivity contribution is 6.01. The summed E-state index contributed by atoms with van der Waals surface area (Å²) in [6.07, 6.45) is 0. The molecule has 2 amide bonds. The zero-order valence-electron chi connectivity index (χ0n) is 12.4. The molecule has 6 heteroatoms. The van der Waals surface area contributed by atoms with E-state index in [-0.39, 0.29) is 17.4 Å². The highest BCUT2D eigenvalue weighted by atomic mass is 16.4. The largest absolute Gasteiger partial charge is 0.446 e. The Morgan fingerprint density at radius 1 is 1.18 bits per heavy atom. The summed E-state index contributed by atoms with van der Waals surface area (Å²) in [6, 6.07) is 10.6. The smallest absolute Gasteiger partial charge is 0.314 e. The van der Waals surface area contributed by atoms with E-state index in [0.29, 0.717) is 6.54 Å². The molecule has 0 saturated heterocycles. The average molecular weight is 299 g/mol. The summed E-state index contributed by atoms with van der Waals surface area (Å²) < 4.78 is 5.20. The first-order chi connectivity index (χ1) is 10.5. The molecule has 2 rings (SSSR count). The van der Waals surface area contributed by atoms with Crippen molar-refractivity contribution < 1.29 is 14.0 Å². The number of benzene rings is 1. The van der Waals surface area contributed by atoms with Gasteiger partial charge in [-0.25, -0.2) is 0 Å². The Morgan fingerprint density at radius 3 is 2.55 bits per heavy atom. The Bertz CT molecular complexity index is 728. The van der Waals surface area contributed by atoms with Gasteiger partial charge in [-0.2, -0.15) is 4.99 Å². The van der Waals surface area contributed by atoms with Crippen LogP contribution in [0.5, 0.6) is 0 Å². The molecule has 22 heavy (non-hydrogen) atoms. The van der Waals surface area contributed by atoms with Crippen molar-refractivity contribution in [3.63, 3.8) is 0 Å². The van der Waals surface area contributed by atoms with Gasteiger partial charge in [-0.3, -0.25) is 9.59 Å². The lowest BCUT2D eigenvalue weighted by Gasteiger charge is -2.06. The first-order valence-corrected chi connectivity index (χ1v) is 6.75. The van der Waals surface area contributed by atoms with Gasteiger partial charge in [0.25, 0.3) is 5.91 Å². The van der Waals surface area contributed by atoms with Gasteiger partial charge in [-0.15, -0.1) is 0 Å². The molecule has 114 valence electrons. The molecular formula is C16H17N3O3. The van der Waals surface area contributed by atoms with E-state index in [1.54, 1.807) is 0 Å². The average Bonchev–Trinajstić information content (AvgIpc) is 2.95. The molecule has 0 bridgehead atoms. The topological polar surface area (TPSA) is 97.7 Å². The number of hydrogen-bond donors (Lipinski definition) is 2. The molecule has 0 radical (unpaired) electrons. The van der Waals surface area contributed by atoms with Gasteiger partial charge in [0.15, 0.2) is 11.5 Å². The van der Waals surface area contributed by atoms with E-state index in [9.17, 15) is 9.59 Å². The summed E-state index contributed by atoms with van der Waals surface area (Å²) in [5.41, 5.74) is 7.44. The highest BCUT2D eigenvalue weighted by Gasteiger charge is 2.15. The molecule has 2 aromatic rings. The number of rotatable bonds is 4. The van der Waals surface area contributed by atoms with Gasteiger partial charge < -0.3 is 15.5 Å². The lowest BCUT2D eigenvalue weighted by atomic mass is 10.1. The van der Waals surface area contributed by atoms with Gasteiger partial charge >= 0.3 is 5.91 Å². The number of nitrogens with one attached hydrogen (secondary N) is 1. The molecule has 0 spiro atoms. The zero-order chi connectivity index (χ0) is 16.1. The van der Waals surface area contributed by atoms with Gasteiger partial charge in [0.2, 0.25) is 0 Å². The van der Waals surface area contributed by atoms with Crippen LogP contribution < -0.4 is 11.1 Å². The molecule has 0 fully saturated rings. The number of carbonyl (C=O) groups is 2. The Morgan fingerprint density at radius 2 is 1.86 bits per heavy atom. The fourth-order valence-electron chi connectivity index (χ4n) is 1.86. The van der Waals surface area contributed by atoms with Crippen LogP contribution in [0.4, 0.5) is 0 Å². The highest BCUT2D eigenvalue weighted by Crippen LogP contribution is 2.11. The first-order valence-electron chi connectivity index (χ1n) is 6.75. The summed E-state index contributed by atoms with van der Waals surface area (Å²) in [5, 5.41) is 2.74. The van der Waals surface area contributed by atoms with Crippen LogP contribution in [0.1, 0.15) is 39.2 Å². The monoisotopic (exact) mass is 299 g/mol. The molecule has 6 nitrogen and oxygen atoms in total. The third-order valence-electron chi connectivity index (χ3n) is 3.02. The third kappa shape index (κ3) is 3.82. The molecule has 0 aliphatic carbocycles. The summed E-state index contributed by atoms with van der Waals surface area (Å²) in [5.74, 6) is -0.840. The van der Waals surface area contributed by atoms with E-state index in [2.05, 4.69) is 10.3 Å². The number of amidine groups is 1. The van der Waals surface area contributed by atoms with E-state index in [4.69, 9.17) is 10.2 Å². The Balaban J connectivity index is 2.02. The second-order valence-electron chi connectivity index (χ2n) is 4.83. The summed E-state index contributed by atoms with van der Waals surface area (Å²) >= 11 is 0. The second-order valence-corrected chi connectivity index (χ2v) is 4.83. The van der Waals surface area contributed by atoms with E-state index in [0.717, 1.165) is 11.1 Å². The van der Waals surface area contributed by atoms with Crippen molar-refractivity contribution in [1.82, 2.24) is 5.32 Å². The van der Waals surface area contributed by atoms with Crippen LogP contribution in [0.3, 0.4) is 0 Å². The van der Waals surface area contributed by atoms with Crippen molar-refractivity contribution in [3.8, 4) is 0 Å². The zero-order valence-corrected chi connectivity index (χ0v) is 12.4. The van der Waals surface area contributed by atoms with Crippen LogP contribution in [-0.4, -0.2) is 17.6 Å². The Labute approximate surface area is 128 Å². The number of furan rings is 1. The number of nitrogens with zero attached hydrogens (tertiary/aromatic N) is 1. The minimum absolute atomic E-state index is 0.0224. The SMILES string of the molecule is CC(N)=NC(=O)c1ccc(C(=O)NCc2ccccc2C)o1. The van der Waals surface area contributed by atoms with Gasteiger partial charge in [-0.1, -0.05) is 24.3 Å². The van der Waals surface area contributed by atoms with Gasteiger partial charge in [-0.05, 0) is 37.1 Å². The molecular weight excluding hydrogens is 282 g/mol. The van der Waals surface area contributed by atoms with E-state index in [1.165, 1.54) is 19.1 Å². The van der Waals surface area contributed by atoms with Crippen LogP contribution in [0.15, 0.2) is 45.8 Å². The summed E-state index contributed by atoms with van der Waals surface area (Å²) in [6.45, 7) is 3.85. The lowest BCUT2D eigenvalue weighted by molar-refractivity contribution is 0.0914. The Kier molecular flexibility index (Phi) is 4.73. The maximum absolute atomic E-state index is 12.0. The molecule has 1 heterocycles. The molecule has 1 aromatic carbocycles. The van der Waals surface area contributed by atoms with Crippen LogP contribution in [-0.2, 0) is 6.54 Å². The fraction of sp³-hybridized carbons (Fsp3) is 0.188. The molecule has 3 N–H and O–H groups in total. The van der Waals surface area contributed by atoms with Crippen LogP contribution in [0.25, 0.3) is 0 Å². The minimum atomic E-state index is -0.613. The summed E-state index contributed by atoms with van der Waals surface area (Å²) in [4.78, 5) is 27.2. The second kappa shape index (κ2) is 6.71. The van der Waals surface area contributed by atoms with Crippen molar-refractivity contribution >= 4 is 17.6 Å². The molecule has 0 aliphatic rings. The van der Waals surface area contributed by atoms with Crippen molar-refractivity contribution in [2.45, 2.75) is 20.4 Å². The predicted octanol–water partition coefficient (Wildman–Crippen LogP) is 2.04. The van der Waals surface area contributed by atoms with Gasteiger partial charge in [0, 0.05) is 6.54 Å². The first kappa shape index (κ1) is 15.5. The number of aliphatic imine (C=N–C) groups is 1. The minimum Gasteiger partial charge on any atom is -0.446 e. The normalized spacial score (nSPS) is 11.3. The third-order valence-corrected chi connectivity index (χ3v) is 3.02. The molecule has 0 saturated carbocycles. The van der Waals surface area contributed by atoms with Crippen LogP contribution in [0, 0.1) is 6.92 Å². The van der Waals surface area contributed by atoms with Crippen molar-refractivity contribution in [3.05, 3.63) is 59.0 Å². The molecule has 0 aliphatic heterocycles. The van der Waals surface area contributed by atoms with Gasteiger partial charge in [0.05, 0.1) is 0 Å². The van der Waals surface area contributed by atoms with Crippen LogP contribution >= 0.6 is 0 Å². The molecule has 1 aromatic heterocycles. The molecule has 0 atom stereocenters. The van der Waals surface area contributed by atoms with Crippen LogP contribution in [0.2, 0.25) is 0 Å². The summed E-state index contributed by atoms with van der Waals surface area (Å²) in [7, 11) is 0. The Hall–Kier alpha value is -2.89. The number of amides is 2. The number of carbonyl (C=O) groups excluding carboxylic acids is 2. The van der Waals surface area contributed by atoms with Crippen molar-refractivity contribution in [2.24, 2.45) is 10.7 Å². The number of nitrogens with two attached hydrogens (primary N) is 1. The van der Waals surface area contributed by atoms with E-state index < -0.39 is 11.8 Å².